The van der Waals surface area contributed by atoms with Crippen LogP contribution in [0.1, 0.15) is 18.5 Å². The molecule has 0 unspecified atom stereocenters. The number of nitrogens with zero attached hydrogens (tertiary/aromatic N) is 4. The topological polar surface area (TPSA) is 71.0 Å². The van der Waals surface area contributed by atoms with Gasteiger partial charge in [-0.3, -0.25) is 9.78 Å². The molecule has 1 saturated heterocycles. The van der Waals surface area contributed by atoms with Crippen molar-refractivity contribution < 1.29 is 4.79 Å². The van der Waals surface area contributed by atoms with Crippen molar-refractivity contribution >= 4 is 11.9 Å². The van der Waals surface area contributed by atoms with E-state index in [-0.39, 0.29) is 11.8 Å². The highest BCUT2D eigenvalue weighted by Gasteiger charge is 2.25. The molecule has 3 heterocycles. The molecule has 3 rings (SSSR count). The molecular weight excluding hydrogens is 278 g/mol. The molecule has 0 bridgehead atoms. The molecule has 0 aromatic carbocycles. The maximum atomic E-state index is 12.2. The van der Waals surface area contributed by atoms with E-state index < -0.39 is 0 Å². The van der Waals surface area contributed by atoms with Gasteiger partial charge in [0.25, 0.3) is 0 Å². The summed E-state index contributed by atoms with van der Waals surface area (Å²) in [6.45, 7) is 2.11. The second kappa shape index (κ2) is 6.98. The number of hydrogen-bond acceptors (Lipinski definition) is 5. The van der Waals surface area contributed by atoms with Crippen molar-refractivity contribution in [3.63, 3.8) is 0 Å². The van der Waals surface area contributed by atoms with Gasteiger partial charge in [0, 0.05) is 37.6 Å². The number of amides is 1. The van der Waals surface area contributed by atoms with Crippen LogP contribution in [0.3, 0.4) is 0 Å². The van der Waals surface area contributed by atoms with Crippen LogP contribution in [0.4, 0.5) is 5.95 Å². The van der Waals surface area contributed by atoms with Crippen molar-refractivity contribution in [3.8, 4) is 0 Å². The normalized spacial score (nSPS) is 15.5. The van der Waals surface area contributed by atoms with Gasteiger partial charge in [0.05, 0.1) is 12.2 Å². The zero-order valence-corrected chi connectivity index (χ0v) is 12.4. The summed E-state index contributed by atoms with van der Waals surface area (Å²) < 4.78 is 0. The van der Waals surface area contributed by atoms with Crippen molar-refractivity contribution in [2.45, 2.75) is 19.4 Å². The van der Waals surface area contributed by atoms with E-state index in [1.54, 1.807) is 24.7 Å². The Balaban J connectivity index is 1.48. The van der Waals surface area contributed by atoms with Crippen molar-refractivity contribution in [1.29, 1.82) is 0 Å². The van der Waals surface area contributed by atoms with Crippen molar-refractivity contribution in [2.75, 3.05) is 18.0 Å². The standard InChI is InChI=1S/C16H19N5O/c22-15(20-12-14-4-1-2-7-17-14)13-5-10-21(11-6-13)16-18-8-3-9-19-16/h1-4,7-9,13H,5-6,10-12H2,(H,20,22). The van der Waals surface area contributed by atoms with E-state index in [2.05, 4.69) is 25.2 Å². The van der Waals surface area contributed by atoms with Crippen LogP contribution in [0.5, 0.6) is 0 Å². The van der Waals surface area contributed by atoms with E-state index in [4.69, 9.17) is 0 Å². The molecule has 6 nitrogen and oxygen atoms in total. The molecule has 1 N–H and O–H groups in total. The van der Waals surface area contributed by atoms with Crippen LogP contribution < -0.4 is 10.2 Å². The molecule has 2 aromatic heterocycles. The second-order valence-electron chi connectivity index (χ2n) is 5.35. The number of carbonyl (C=O) groups excluding carboxylic acids is 1. The first-order chi connectivity index (χ1) is 10.8. The maximum absolute atomic E-state index is 12.2. The molecule has 2 aromatic rings. The summed E-state index contributed by atoms with van der Waals surface area (Å²) in [7, 11) is 0. The van der Waals surface area contributed by atoms with Crippen LogP contribution in [-0.2, 0) is 11.3 Å². The molecule has 0 spiro atoms. The number of anilines is 1. The fourth-order valence-electron chi connectivity index (χ4n) is 2.62. The molecule has 22 heavy (non-hydrogen) atoms. The largest absolute Gasteiger partial charge is 0.350 e. The molecule has 1 fully saturated rings. The SMILES string of the molecule is O=C(NCc1ccccn1)C1CCN(c2ncccn2)CC1. The Morgan fingerprint density at radius 3 is 2.50 bits per heavy atom. The van der Waals surface area contributed by atoms with Gasteiger partial charge in [0.2, 0.25) is 11.9 Å². The quantitative estimate of drug-likeness (QED) is 0.924. The highest BCUT2D eigenvalue weighted by molar-refractivity contribution is 5.78. The van der Waals surface area contributed by atoms with E-state index in [1.807, 2.05) is 18.2 Å². The minimum atomic E-state index is 0.0590. The number of pyridine rings is 1. The van der Waals surface area contributed by atoms with Gasteiger partial charge in [0.15, 0.2) is 0 Å². The first-order valence-electron chi connectivity index (χ1n) is 7.52. The lowest BCUT2D eigenvalue weighted by atomic mass is 9.96. The number of piperidine rings is 1. The van der Waals surface area contributed by atoms with Gasteiger partial charge in [0.1, 0.15) is 0 Å². The molecule has 0 atom stereocenters. The van der Waals surface area contributed by atoms with Gasteiger partial charge in [-0.25, -0.2) is 9.97 Å². The van der Waals surface area contributed by atoms with Gasteiger partial charge in [-0.15, -0.1) is 0 Å². The smallest absolute Gasteiger partial charge is 0.225 e. The highest BCUT2D eigenvalue weighted by atomic mass is 16.1. The predicted octanol–water partition coefficient (Wildman–Crippen LogP) is 1.40. The monoisotopic (exact) mass is 297 g/mol. The summed E-state index contributed by atoms with van der Waals surface area (Å²) in [4.78, 5) is 27.1. The summed E-state index contributed by atoms with van der Waals surface area (Å²) in [6, 6.07) is 7.51. The van der Waals surface area contributed by atoms with Crippen LogP contribution >= 0.6 is 0 Å². The Morgan fingerprint density at radius 2 is 1.82 bits per heavy atom. The van der Waals surface area contributed by atoms with Gasteiger partial charge < -0.3 is 10.2 Å². The number of hydrogen-bond donors (Lipinski definition) is 1. The molecule has 1 amide bonds. The van der Waals surface area contributed by atoms with Crippen LogP contribution in [0.2, 0.25) is 0 Å². The molecule has 114 valence electrons. The van der Waals surface area contributed by atoms with E-state index in [0.717, 1.165) is 37.6 Å². The van der Waals surface area contributed by atoms with Gasteiger partial charge in [-0.2, -0.15) is 0 Å². The summed E-state index contributed by atoms with van der Waals surface area (Å²) in [5.74, 6) is 0.915. The first-order valence-corrected chi connectivity index (χ1v) is 7.52. The minimum absolute atomic E-state index is 0.0590. The van der Waals surface area contributed by atoms with E-state index >= 15 is 0 Å². The number of carbonyl (C=O) groups is 1. The number of rotatable bonds is 4. The van der Waals surface area contributed by atoms with Gasteiger partial charge in [-0.05, 0) is 31.0 Å². The fraction of sp³-hybridized carbons (Fsp3) is 0.375. The van der Waals surface area contributed by atoms with E-state index in [0.29, 0.717) is 6.54 Å². The molecule has 1 aliphatic rings. The van der Waals surface area contributed by atoms with Crippen LogP contribution in [-0.4, -0.2) is 33.9 Å². The maximum Gasteiger partial charge on any atom is 0.225 e. The molecular formula is C16H19N5O. The Kier molecular flexibility index (Phi) is 4.58. The average molecular weight is 297 g/mol. The molecule has 0 saturated carbocycles. The van der Waals surface area contributed by atoms with Gasteiger partial charge in [-0.1, -0.05) is 6.07 Å². The van der Waals surface area contributed by atoms with Crippen LogP contribution in [0, 0.1) is 5.92 Å². The van der Waals surface area contributed by atoms with E-state index in [9.17, 15) is 4.79 Å². The third kappa shape index (κ3) is 3.58. The van der Waals surface area contributed by atoms with E-state index in [1.165, 1.54) is 0 Å². The fourth-order valence-corrected chi connectivity index (χ4v) is 2.62. The lowest BCUT2D eigenvalue weighted by Crippen LogP contribution is -2.41. The van der Waals surface area contributed by atoms with Crippen molar-refractivity contribution in [2.24, 2.45) is 5.92 Å². The first kappa shape index (κ1) is 14.4. The Bertz CT molecular complexity index is 596. The Morgan fingerprint density at radius 1 is 1.09 bits per heavy atom. The zero-order valence-electron chi connectivity index (χ0n) is 12.4. The summed E-state index contributed by atoms with van der Waals surface area (Å²) >= 11 is 0. The minimum Gasteiger partial charge on any atom is -0.350 e. The second-order valence-corrected chi connectivity index (χ2v) is 5.35. The highest BCUT2D eigenvalue weighted by Crippen LogP contribution is 2.20. The predicted molar refractivity (Wildman–Crippen MR) is 83.1 cm³/mol. The zero-order chi connectivity index (χ0) is 15.2. The van der Waals surface area contributed by atoms with Gasteiger partial charge >= 0.3 is 0 Å². The third-order valence-corrected chi connectivity index (χ3v) is 3.87. The van der Waals surface area contributed by atoms with Crippen molar-refractivity contribution in [3.05, 3.63) is 48.5 Å². The molecule has 0 aliphatic carbocycles. The summed E-state index contributed by atoms with van der Waals surface area (Å²) in [5.41, 5.74) is 0.881. The lowest BCUT2D eigenvalue weighted by molar-refractivity contribution is -0.125. The molecule has 1 aliphatic heterocycles. The van der Waals surface area contributed by atoms with Crippen LogP contribution in [0.25, 0.3) is 0 Å². The Labute approximate surface area is 129 Å². The summed E-state index contributed by atoms with van der Waals surface area (Å²) in [6.07, 6.45) is 6.88. The number of nitrogens with one attached hydrogen (secondary N) is 1. The molecule has 6 heteroatoms. The Hall–Kier alpha value is -2.50. The number of aromatic nitrogens is 3. The third-order valence-electron chi connectivity index (χ3n) is 3.87. The molecule has 0 radical (unpaired) electrons. The van der Waals surface area contributed by atoms with Crippen molar-refractivity contribution in [1.82, 2.24) is 20.3 Å². The average Bonchev–Trinajstić information content (AvgIpc) is 2.61. The van der Waals surface area contributed by atoms with Crippen LogP contribution in [0.15, 0.2) is 42.9 Å². The summed E-state index contributed by atoms with van der Waals surface area (Å²) in [5, 5.41) is 2.97. The lowest BCUT2D eigenvalue weighted by Gasteiger charge is -2.31.